The molecule has 0 aliphatic carbocycles. The molecule has 24 heavy (non-hydrogen) atoms. The summed E-state index contributed by atoms with van der Waals surface area (Å²) in [7, 11) is 2.26. The topological polar surface area (TPSA) is 3.24 Å². The molecular formula is C23H37N. The molecule has 1 aliphatic heterocycles. The van der Waals surface area contributed by atoms with Crippen LogP contribution >= 0.6 is 0 Å². The van der Waals surface area contributed by atoms with Gasteiger partial charge < -0.3 is 4.90 Å². The van der Waals surface area contributed by atoms with Crippen LogP contribution in [0.1, 0.15) is 101 Å². The van der Waals surface area contributed by atoms with Crippen molar-refractivity contribution in [2.24, 2.45) is 5.92 Å². The third-order valence-corrected chi connectivity index (χ3v) is 6.44. The Morgan fingerprint density at radius 3 is 2.08 bits per heavy atom. The lowest BCUT2D eigenvalue weighted by Gasteiger charge is -2.40. The van der Waals surface area contributed by atoms with E-state index in [0.717, 1.165) is 0 Å². The van der Waals surface area contributed by atoms with E-state index in [-0.39, 0.29) is 0 Å². The predicted molar refractivity (Wildman–Crippen MR) is 107 cm³/mol. The van der Waals surface area contributed by atoms with E-state index in [1.165, 1.54) is 23.2 Å². The molecule has 0 saturated heterocycles. The van der Waals surface area contributed by atoms with E-state index in [1.54, 1.807) is 22.3 Å². The largest absolute Gasteiger partial charge is 0.371 e. The van der Waals surface area contributed by atoms with Crippen LogP contribution in [-0.2, 0) is 0 Å². The smallest absolute Gasteiger partial charge is 0.0513 e. The molecule has 0 amide bonds. The molecule has 0 radical (unpaired) electrons. The fraction of sp³-hybridized carbons (Fsp3) is 0.652. The summed E-state index contributed by atoms with van der Waals surface area (Å²) in [6, 6.07) is 2.89. The Hall–Kier alpha value is -1.24. The van der Waals surface area contributed by atoms with Gasteiger partial charge in [0.2, 0.25) is 0 Å². The first kappa shape index (κ1) is 19.1. The lowest BCUT2D eigenvalue weighted by Crippen LogP contribution is -2.28. The highest BCUT2D eigenvalue weighted by atomic mass is 15.1. The quantitative estimate of drug-likeness (QED) is 0.573. The number of benzene rings is 1. The van der Waals surface area contributed by atoms with Crippen molar-refractivity contribution in [3.05, 3.63) is 45.2 Å². The number of allylic oxidation sites excluding steroid dienone is 2. The Labute approximate surface area is 150 Å². The molecule has 1 heteroatoms. The summed E-state index contributed by atoms with van der Waals surface area (Å²) in [6.45, 7) is 21.1. The molecule has 1 nitrogen and oxygen atoms in total. The minimum atomic E-state index is 0.425. The molecule has 0 N–H and O–H groups in total. The third-order valence-electron chi connectivity index (χ3n) is 6.44. The first-order chi connectivity index (χ1) is 11.1. The molecule has 0 bridgehead atoms. The molecule has 0 aromatic heterocycles. The number of aryl methyl sites for hydroxylation is 1. The molecule has 0 spiro atoms. The summed E-state index contributed by atoms with van der Waals surface area (Å²) < 4.78 is 0. The van der Waals surface area contributed by atoms with Crippen molar-refractivity contribution < 1.29 is 0 Å². The van der Waals surface area contributed by atoms with Gasteiger partial charge in [0.05, 0.1) is 6.04 Å². The highest BCUT2D eigenvalue weighted by Crippen LogP contribution is 2.45. The van der Waals surface area contributed by atoms with Gasteiger partial charge in [0.1, 0.15) is 0 Å². The summed E-state index contributed by atoms with van der Waals surface area (Å²) in [5.41, 5.74) is 10.7. The van der Waals surface area contributed by atoms with E-state index in [9.17, 15) is 0 Å². The Morgan fingerprint density at radius 2 is 1.58 bits per heavy atom. The summed E-state index contributed by atoms with van der Waals surface area (Å²) in [5, 5.41) is 0. The fourth-order valence-corrected chi connectivity index (χ4v) is 4.35. The second-order valence-electron chi connectivity index (χ2n) is 8.60. The highest BCUT2D eigenvalue weighted by Gasteiger charge is 2.31. The SMILES string of the molecule is C/C1=C(\C)N(C)[C@@H](C)c2c(C)c(C)cc(C(C)C)c2C(C(C)C)C1. The van der Waals surface area contributed by atoms with Gasteiger partial charge >= 0.3 is 0 Å². The Bertz CT molecular complexity index is 648. The third kappa shape index (κ3) is 3.15. The molecule has 2 atom stereocenters. The average Bonchev–Trinajstić information content (AvgIpc) is 2.51. The van der Waals surface area contributed by atoms with Gasteiger partial charge in [0.15, 0.2) is 0 Å². The molecule has 1 aliphatic rings. The van der Waals surface area contributed by atoms with Crippen molar-refractivity contribution >= 4 is 0 Å². The lowest BCUT2D eigenvalue weighted by molar-refractivity contribution is 0.311. The predicted octanol–water partition coefficient (Wildman–Crippen LogP) is 6.86. The van der Waals surface area contributed by atoms with Gasteiger partial charge in [-0.25, -0.2) is 0 Å². The second-order valence-corrected chi connectivity index (χ2v) is 8.60. The number of fused-ring (bicyclic) bond motifs is 1. The molecule has 1 aromatic rings. The van der Waals surface area contributed by atoms with Crippen molar-refractivity contribution in [2.75, 3.05) is 7.05 Å². The van der Waals surface area contributed by atoms with Gasteiger partial charge in [-0.1, -0.05) is 39.3 Å². The van der Waals surface area contributed by atoms with Crippen LogP contribution in [0.4, 0.5) is 0 Å². The maximum Gasteiger partial charge on any atom is 0.0513 e. The van der Waals surface area contributed by atoms with Gasteiger partial charge in [-0.05, 0) is 86.6 Å². The van der Waals surface area contributed by atoms with Crippen LogP contribution in [-0.4, -0.2) is 11.9 Å². The molecule has 0 fully saturated rings. The van der Waals surface area contributed by atoms with E-state index in [4.69, 9.17) is 0 Å². The van der Waals surface area contributed by atoms with Gasteiger partial charge in [-0.2, -0.15) is 0 Å². The highest BCUT2D eigenvalue weighted by molar-refractivity contribution is 5.51. The van der Waals surface area contributed by atoms with Crippen LogP contribution in [0.25, 0.3) is 0 Å². The maximum absolute atomic E-state index is 2.49. The first-order valence-electron chi connectivity index (χ1n) is 9.60. The molecule has 0 saturated carbocycles. The van der Waals surface area contributed by atoms with Crippen LogP contribution in [0.5, 0.6) is 0 Å². The number of hydrogen-bond acceptors (Lipinski definition) is 1. The molecular weight excluding hydrogens is 290 g/mol. The number of hydrogen-bond donors (Lipinski definition) is 0. The summed E-state index contributed by atoms with van der Waals surface area (Å²) in [4.78, 5) is 2.49. The normalized spacial score (nSPS) is 25.1. The van der Waals surface area contributed by atoms with Gasteiger partial charge in [-0.15, -0.1) is 0 Å². The summed E-state index contributed by atoms with van der Waals surface area (Å²) in [5.74, 6) is 1.84. The monoisotopic (exact) mass is 327 g/mol. The maximum atomic E-state index is 2.49. The van der Waals surface area contributed by atoms with Crippen LogP contribution in [0, 0.1) is 19.8 Å². The second kappa shape index (κ2) is 6.94. The zero-order chi connectivity index (χ0) is 18.3. The average molecular weight is 328 g/mol. The Balaban J connectivity index is 2.88. The van der Waals surface area contributed by atoms with Crippen LogP contribution in [0.3, 0.4) is 0 Å². The minimum absolute atomic E-state index is 0.425. The minimum Gasteiger partial charge on any atom is -0.371 e. The van der Waals surface area contributed by atoms with E-state index >= 15 is 0 Å². The van der Waals surface area contributed by atoms with E-state index in [0.29, 0.717) is 23.8 Å². The lowest BCUT2D eigenvalue weighted by atomic mass is 9.72. The van der Waals surface area contributed by atoms with Crippen molar-refractivity contribution in [1.82, 2.24) is 4.90 Å². The molecule has 134 valence electrons. The molecule has 1 unspecified atom stereocenters. The Kier molecular flexibility index (Phi) is 5.52. The first-order valence-corrected chi connectivity index (χ1v) is 9.60. The van der Waals surface area contributed by atoms with E-state index in [2.05, 4.69) is 80.3 Å². The van der Waals surface area contributed by atoms with E-state index in [1.807, 2.05) is 0 Å². The molecule has 1 heterocycles. The van der Waals surface area contributed by atoms with Crippen molar-refractivity contribution in [2.45, 2.75) is 86.6 Å². The van der Waals surface area contributed by atoms with Gasteiger partial charge in [0, 0.05) is 12.7 Å². The zero-order valence-electron chi connectivity index (χ0n) is 17.5. The van der Waals surface area contributed by atoms with Crippen LogP contribution in [0.2, 0.25) is 0 Å². The number of nitrogens with zero attached hydrogens (tertiary/aromatic N) is 1. The standard InChI is InChI=1S/C23H37N/c1-13(2)20-11-15(5)17(7)22-19(9)24(10)18(8)16(6)12-21(14(3)4)23(20)22/h11,13-14,19,21H,12H2,1-10H3/b18-16-/t19-,21?/m0/s1. The summed E-state index contributed by atoms with van der Waals surface area (Å²) >= 11 is 0. The van der Waals surface area contributed by atoms with E-state index < -0.39 is 0 Å². The van der Waals surface area contributed by atoms with Crippen molar-refractivity contribution in [1.29, 1.82) is 0 Å². The molecule has 2 rings (SSSR count). The van der Waals surface area contributed by atoms with Crippen molar-refractivity contribution in [3.8, 4) is 0 Å². The zero-order valence-corrected chi connectivity index (χ0v) is 17.5. The van der Waals surface area contributed by atoms with Crippen LogP contribution in [0.15, 0.2) is 17.3 Å². The Morgan fingerprint density at radius 1 is 1.00 bits per heavy atom. The van der Waals surface area contributed by atoms with Gasteiger partial charge in [0.25, 0.3) is 0 Å². The number of rotatable bonds is 2. The molecule has 1 aromatic carbocycles. The summed E-state index contributed by atoms with van der Waals surface area (Å²) in [6.07, 6.45) is 1.18. The fourth-order valence-electron chi connectivity index (χ4n) is 4.35. The van der Waals surface area contributed by atoms with Crippen molar-refractivity contribution in [3.63, 3.8) is 0 Å². The van der Waals surface area contributed by atoms with Crippen LogP contribution < -0.4 is 0 Å². The van der Waals surface area contributed by atoms with Gasteiger partial charge in [-0.3, -0.25) is 0 Å².